The zero-order chi connectivity index (χ0) is 17.1. The molecule has 122 valence electrons. The van der Waals surface area contributed by atoms with E-state index in [1.807, 2.05) is 36.4 Å². The molecule has 0 aliphatic heterocycles. The van der Waals surface area contributed by atoms with E-state index >= 15 is 0 Å². The zero-order valence-electron chi connectivity index (χ0n) is 13.7. The van der Waals surface area contributed by atoms with Gasteiger partial charge in [-0.3, -0.25) is 4.79 Å². The van der Waals surface area contributed by atoms with E-state index in [4.69, 9.17) is 11.6 Å². The first kappa shape index (κ1) is 16.5. The van der Waals surface area contributed by atoms with Crippen LogP contribution in [0.15, 0.2) is 54.7 Å². The van der Waals surface area contributed by atoms with E-state index in [9.17, 15) is 4.79 Å². The summed E-state index contributed by atoms with van der Waals surface area (Å²) in [5, 5.41) is 5.21. The molecule has 3 aromatic rings. The molecule has 3 nitrogen and oxygen atoms in total. The highest BCUT2D eigenvalue weighted by molar-refractivity contribution is 6.30. The monoisotopic (exact) mass is 338 g/mol. The van der Waals surface area contributed by atoms with Crippen molar-refractivity contribution < 1.29 is 4.79 Å². The molecule has 0 bridgehead atoms. The van der Waals surface area contributed by atoms with Crippen LogP contribution in [0.5, 0.6) is 0 Å². The van der Waals surface area contributed by atoms with Crippen LogP contribution in [-0.2, 0) is 6.42 Å². The summed E-state index contributed by atoms with van der Waals surface area (Å²) in [5.41, 5.74) is 4.29. The number of carbonyl (C=O) groups is 1. The molecule has 1 heterocycles. The molecule has 0 amide bonds. The van der Waals surface area contributed by atoms with Gasteiger partial charge in [0.05, 0.1) is 11.3 Å². The number of rotatable bonds is 5. The third-order valence-corrected chi connectivity index (χ3v) is 4.05. The molecule has 24 heavy (non-hydrogen) atoms. The lowest BCUT2D eigenvalue weighted by atomic mass is 10.0. The first-order chi connectivity index (χ1) is 11.6. The molecular formula is C20H19ClN2O. The molecule has 0 aliphatic rings. The highest BCUT2D eigenvalue weighted by Gasteiger charge is 2.12. The summed E-state index contributed by atoms with van der Waals surface area (Å²) in [6, 6.07) is 15.6. The second-order valence-electron chi connectivity index (χ2n) is 6.27. The smallest absolute Gasteiger partial charge is 0.153 e. The molecule has 1 aromatic heterocycles. The Bertz CT molecular complexity index is 850. The molecule has 0 saturated carbocycles. The van der Waals surface area contributed by atoms with Crippen molar-refractivity contribution in [2.45, 2.75) is 20.3 Å². The molecule has 0 N–H and O–H groups in total. The predicted molar refractivity (Wildman–Crippen MR) is 97.9 cm³/mol. The van der Waals surface area contributed by atoms with Crippen molar-refractivity contribution >= 4 is 17.9 Å². The summed E-state index contributed by atoms with van der Waals surface area (Å²) in [6.07, 6.45) is 3.61. The molecular weight excluding hydrogens is 320 g/mol. The largest absolute Gasteiger partial charge is 0.298 e. The number of benzene rings is 2. The molecule has 4 heteroatoms. The van der Waals surface area contributed by atoms with E-state index in [1.165, 1.54) is 5.56 Å². The predicted octanol–water partition coefficient (Wildman–Crippen LogP) is 5.20. The fourth-order valence-corrected chi connectivity index (χ4v) is 2.90. The van der Waals surface area contributed by atoms with Crippen LogP contribution in [0, 0.1) is 5.92 Å². The van der Waals surface area contributed by atoms with Crippen molar-refractivity contribution in [2.24, 2.45) is 5.92 Å². The van der Waals surface area contributed by atoms with Gasteiger partial charge in [-0.05, 0) is 36.1 Å². The summed E-state index contributed by atoms with van der Waals surface area (Å²) < 4.78 is 1.69. The standard InChI is InChI=1S/C20H19ClN2O/c1-14(2)10-15-6-8-16(9-7-15)20-17(13-24)12-23(22-20)19-5-3-4-18(21)11-19/h3-9,11-14H,10H2,1-2H3. The van der Waals surface area contributed by atoms with Crippen molar-refractivity contribution in [2.75, 3.05) is 0 Å². The molecule has 3 rings (SSSR count). The Kier molecular flexibility index (Phi) is 4.81. The van der Waals surface area contributed by atoms with Gasteiger partial charge < -0.3 is 0 Å². The van der Waals surface area contributed by atoms with E-state index in [2.05, 4.69) is 31.1 Å². The fraction of sp³-hybridized carbons (Fsp3) is 0.200. The Hall–Kier alpha value is -2.39. The van der Waals surface area contributed by atoms with Gasteiger partial charge in [-0.25, -0.2) is 4.68 Å². The Morgan fingerprint density at radius 2 is 1.92 bits per heavy atom. The van der Waals surface area contributed by atoms with E-state index in [0.29, 0.717) is 22.2 Å². The lowest BCUT2D eigenvalue weighted by Crippen LogP contribution is -1.95. The Morgan fingerprint density at radius 3 is 2.54 bits per heavy atom. The van der Waals surface area contributed by atoms with E-state index < -0.39 is 0 Å². The number of halogens is 1. The topological polar surface area (TPSA) is 34.9 Å². The van der Waals surface area contributed by atoms with Gasteiger partial charge in [0.1, 0.15) is 5.69 Å². The Labute approximate surface area is 146 Å². The van der Waals surface area contributed by atoms with Gasteiger partial charge in [0.2, 0.25) is 0 Å². The summed E-state index contributed by atoms with van der Waals surface area (Å²) in [5.74, 6) is 0.614. The number of hydrogen-bond donors (Lipinski definition) is 0. The second kappa shape index (κ2) is 7.02. The maximum absolute atomic E-state index is 11.4. The van der Waals surface area contributed by atoms with Crippen molar-refractivity contribution in [3.8, 4) is 16.9 Å². The number of nitrogens with zero attached hydrogens (tertiary/aromatic N) is 2. The maximum atomic E-state index is 11.4. The number of aldehydes is 1. The molecule has 0 aliphatic carbocycles. The summed E-state index contributed by atoms with van der Waals surface area (Å²) in [4.78, 5) is 11.4. The van der Waals surface area contributed by atoms with Gasteiger partial charge in [-0.1, -0.05) is 55.8 Å². The quantitative estimate of drug-likeness (QED) is 0.599. The van der Waals surface area contributed by atoms with Crippen LogP contribution in [0.1, 0.15) is 29.8 Å². The van der Waals surface area contributed by atoms with Crippen LogP contribution < -0.4 is 0 Å². The second-order valence-corrected chi connectivity index (χ2v) is 6.71. The van der Waals surface area contributed by atoms with Crippen molar-refractivity contribution in [1.82, 2.24) is 9.78 Å². The van der Waals surface area contributed by atoms with Crippen molar-refractivity contribution in [1.29, 1.82) is 0 Å². The first-order valence-corrected chi connectivity index (χ1v) is 8.34. The van der Waals surface area contributed by atoms with Crippen LogP contribution in [0.25, 0.3) is 16.9 Å². The van der Waals surface area contributed by atoms with Gasteiger partial charge in [-0.15, -0.1) is 0 Å². The van der Waals surface area contributed by atoms with E-state index in [1.54, 1.807) is 10.9 Å². The summed E-state index contributed by atoms with van der Waals surface area (Å²) >= 11 is 6.04. The average Bonchev–Trinajstić information content (AvgIpc) is 2.99. The minimum Gasteiger partial charge on any atom is -0.298 e. The summed E-state index contributed by atoms with van der Waals surface area (Å²) in [7, 11) is 0. The van der Waals surface area contributed by atoms with Crippen LogP contribution in [-0.4, -0.2) is 16.1 Å². The number of hydrogen-bond acceptors (Lipinski definition) is 2. The van der Waals surface area contributed by atoms with Gasteiger partial charge >= 0.3 is 0 Å². The highest BCUT2D eigenvalue weighted by atomic mass is 35.5. The molecule has 2 aromatic carbocycles. The van der Waals surface area contributed by atoms with Crippen LogP contribution in [0.4, 0.5) is 0 Å². The Balaban J connectivity index is 1.97. The van der Waals surface area contributed by atoms with E-state index in [0.717, 1.165) is 24.0 Å². The molecule has 0 fully saturated rings. The lowest BCUT2D eigenvalue weighted by Gasteiger charge is -2.06. The van der Waals surface area contributed by atoms with Crippen LogP contribution >= 0.6 is 11.6 Å². The minimum atomic E-state index is 0.562. The normalized spacial score (nSPS) is 11.0. The zero-order valence-corrected chi connectivity index (χ0v) is 14.5. The van der Waals surface area contributed by atoms with Gasteiger partial charge in [0, 0.05) is 16.8 Å². The average molecular weight is 339 g/mol. The van der Waals surface area contributed by atoms with Gasteiger partial charge in [0.25, 0.3) is 0 Å². The Morgan fingerprint density at radius 1 is 1.17 bits per heavy atom. The maximum Gasteiger partial charge on any atom is 0.153 e. The number of aromatic nitrogens is 2. The SMILES string of the molecule is CC(C)Cc1ccc(-c2nn(-c3cccc(Cl)c3)cc2C=O)cc1. The van der Waals surface area contributed by atoms with Gasteiger partial charge in [0.15, 0.2) is 6.29 Å². The molecule has 0 spiro atoms. The number of carbonyl (C=O) groups excluding carboxylic acids is 1. The van der Waals surface area contributed by atoms with Crippen molar-refractivity contribution in [3.63, 3.8) is 0 Å². The van der Waals surface area contributed by atoms with E-state index in [-0.39, 0.29) is 0 Å². The lowest BCUT2D eigenvalue weighted by molar-refractivity contribution is 0.112. The third-order valence-electron chi connectivity index (χ3n) is 3.81. The molecule has 0 radical (unpaired) electrons. The molecule has 0 saturated heterocycles. The van der Waals surface area contributed by atoms with Crippen LogP contribution in [0.3, 0.4) is 0 Å². The molecule has 0 atom stereocenters. The molecule has 0 unspecified atom stereocenters. The minimum absolute atomic E-state index is 0.562. The fourth-order valence-electron chi connectivity index (χ4n) is 2.72. The van der Waals surface area contributed by atoms with Crippen LogP contribution in [0.2, 0.25) is 5.02 Å². The highest BCUT2D eigenvalue weighted by Crippen LogP contribution is 2.24. The third kappa shape index (κ3) is 3.57. The first-order valence-electron chi connectivity index (χ1n) is 7.97. The van der Waals surface area contributed by atoms with Crippen molar-refractivity contribution in [3.05, 3.63) is 70.9 Å². The summed E-state index contributed by atoms with van der Waals surface area (Å²) in [6.45, 7) is 4.40. The van der Waals surface area contributed by atoms with Gasteiger partial charge in [-0.2, -0.15) is 5.10 Å².